The van der Waals surface area contributed by atoms with Crippen LogP contribution in [0.1, 0.15) is 75.3 Å². The maximum Gasteiger partial charge on any atom is 0.0159 e. The number of unbranched alkanes of at least 4 members (excludes halogenated alkanes) is 1. The predicted molar refractivity (Wildman–Crippen MR) is 129 cm³/mol. The lowest BCUT2D eigenvalue weighted by molar-refractivity contribution is 0.658. The van der Waals surface area contributed by atoms with E-state index >= 15 is 0 Å². The molecule has 0 atom stereocenters. The van der Waals surface area contributed by atoms with Gasteiger partial charge in [0.15, 0.2) is 0 Å². The molecule has 1 aliphatic carbocycles. The second-order valence-corrected chi connectivity index (χ2v) is 8.67. The minimum atomic E-state index is 0.0582. The van der Waals surface area contributed by atoms with Gasteiger partial charge in [-0.3, -0.25) is 0 Å². The van der Waals surface area contributed by atoms with E-state index in [9.17, 15) is 0 Å². The van der Waals surface area contributed by atoms with Gasteiger partial charge in [-0.1, -0.05) is 89.6 Å². The van der Waals surface area contributed by atoms with Crippen LogP contribution in [0.25, 0.3) is 22.3 Å². The molecule has 0 fully saturated rings. The topological polar surface area (TPSA) is 0 Å². The van der Waals surface area contributed by atoms with E-state index in [4.69, 9.17) is 0 Å². The summed E-state index contributed by atoms with van der Waals surface area (Å²) in [6.45, 7) is 15.4. The third-order valence-electron chi connectivity index (χ3n) is 6.40. The van der Waals surface area contributed by atoms with Crippen molar-refractivity contribution >= 4 is 0 Å². The Hall–Kier alpha value is -2.34. The normalized spacial score (nSPS) is 13.3. The lowest BCUT2D eigenvalue weighted by Gasteiger charge is -2.22. The molecule has 0 saturated carbocycles. The molecule has 0 heteroatoms. The SMILES string of the molecule is CC.CCCCc1ccc2c(c1)C(C)(C)c1cc(-c3ccc(C)c(C)c3)ccc1-2. The molecular formula is C29H36. The highest BCUT2D eigenvalue weighted by molar-refractivity contribution is 5.83. The lowest BCUT2D eigenvalue weighted by atomic mass is 9.81. The molecule has 4 rings (SSSR count). The monoisotopic (exact) mass is 384 g/mol. The van der Waals surface area contributed by atoms with E-state index in [0.717, 1.165) is 0 Å². The highest BCUT2D eigenvalue weighted by Gasteiger charge is 2.35. The summed E-state index contributed by atoms with van der Waals surface area (Å²) in [7, 11) is 0. The van der Waals surface area contributed by atoms with Crippen LogP contribution in [0.5, 0.6) is 0 Å². The minimum absolute atomic E-state index is 0.0582. The van der Waals surface area contributed by atoms with Crippen LogP contribution >= 0.6 is 0 Å². The molecule has 0 heterocycles. The number of fused-ring (bicyclic) bond motifs is 3. The van der Waals surface area contributed by atoms with Crippen molar-refractivity contribution in [3.63, 3.8) is 0 Å². The lowest BCUT2D eigenvalue weighted by Crippen LogP contribution is -2.15. The van der Waals surface area contributed by atoms with Gasteiger partial charge in [0.1, 0.15) is 0 Å². The van der Waals surface area contributed by atoms with Crippen molar-refractivity contribution in [2.45, 2.75) is 73.1 Å². The maximum atomic E-state index is 2.46. The zero-order valence-electron chi connectivity index (χ0n) is 19.3. The van der Waals surface area contributed by atoms with Crippen LogP contribution in [0.4, 0.5) is 0 Å². The van der Waals surface area contributed by atoms with Gasteiger partial charge in [0.05, 0.1) is 0 Å². The number of hydrogen-bond acceptors (Lipinski definition) is 0. The standard InChI is InChI=1S/C27H30.C2H6/c1-6-7-8-20-10-13-23-24-14-12-22(21-11-9-18(2)19(3)15-21)17-26(24)27(4,5)25(23)16-20;1-2/h9-17H,6-8H2,1-5H3;1-2H3. The largest absolute Gasteiger partial charge is 0.0683 e. The molecule has 0 unspecified atom stereocenters. The predicted octanol–water partition coefficient (Wildman–Crippen LogP) is 8.65. The summed E-state index contributed by atoms with van der Waals surface area (Å²) in [5.74, 6) is 0. The highest BCUT2D eigenvalue weighted by atomic mass is 14.4. The zero-order valence-corrected chi connectivity index (χ0v) is 19.3. The maximum absolute atomic E-state index is 2.46. The van der Waals surface area contributed by atoms with Gasteiger partial charge < -0.3 is 0 Å². The average molecular weight is 385 g/mol. The molecule has 0 radical (unpaired) electrons. The Bertz CT molecular complexity index is 1000. The Morgan fingerprint density at radius 2 is 1.28 bits per heavy atom. The summed E-state index contributed by atoms with van der Waals surface area (Å²) in [6, 6.07) is 21.0. The number of hydrogen-bond donors (Lipinski definition) is 0. The molecular weight excluding hydrogens is 348 g/mol. The summed E-state index contributed by atoms with van der Waals surface area (Å²) >= 11 is 0. The van der Waals surface area contributed by atoms with Crippen molar-refractivity contribution < 1.29 is 0 Å². The second-order valence-electron chi connectivity index (χ2n) is 8.67. The van der Waals surface area contributed by atoms with Crippen LogP contribution in [0.15, 0.2) is 54.6 Å². The van der Waals surface area contributed by atoms with E-state index in [0.29, 0.717) is 0 Å². The first-order valence-corrected chi connectivity index (χ1v) is 11.3. The van der Waals surface area contributed by atoms with Gasteiger partial charge in [-0.25, -0.2) is 0 Å². The number of rotatable bonds is 4. The van der Waals surface area contributed by atoms with E-state index in [-0.39, 0.29) is 5.41 Å². The fraction of sp³-hybridized carbons (Fsp3) is 0.379. The fourth-order valence-electron chi connectivity index (χ4n) is 4.42. The third kappa shape index (κ3) is 3.90. The Morgan fingerprint density at radius 3 is 1.93 bits per heavy atom. The first-order valence-electron chi connectivity index (χ1n) is 11.3. The first-order chi connectivity index (χ1) is 13.9. The van der Waals surface area contributed by atoms with Crippen molar-refractivity contribution in [3.05, 3.63) is 82.4 Å². The first kappa shape index (κ1) is 21.4. The van der Waals surface area contributed by atoms with E-state index in [1.165, 1.54) is 69.3 Å². The molecule has 0 amide bonds. The van der Waals surface area contributed by atoms with Crippen LogP contribution < -0.4 is 0 Å². The van der Waals surface area contributed by atoms with E-state index in [1.54, 1.807) is 0 Å². The second kappa shape index (κ2) is 8.57. The van der Waals surface area contributed by atoms with E-state index < -0.39 is 0 Å². The van der Waals surface area contributed by atoms with Gasteiger partial charge in [-0.15, -0.1) is 0 Å². The molecule has 0 spiro atoms. The number of benzene rings is 3. The smallest absolute Gasteiger partial charge is 0.0159 e. The summed E-state index contributed by atoms with van der Waals surface area (Å²) in [4.78, 5) is 0. The fourth-order valence-corrected chi connectivity index (χ4v) is 4.42. The molecule has 152 valence electrons. The van der Waals surface area contributed by atoms with Gasteiger partial charge in [0, 0.05) is 5.41 Å². The third-order valence-corrected chi connectivity index (χ3v) is 6.40. The number of aryl methyl sites for hydroxylation is 3. The van der Waals surface area contributed by atoms with Gasteiger partial charge in [0.2, 0.25) is 0 Å². The van der Waals surface area contributed by atoms with Crippen LogP contribution in [0, 0.1) is 13.8 Å². The molecule has 0 saturated heterocycles. The van der Waals surface area contributed by atoms with E-state index in [1.807, 2.05) is 13.8 Å². The molecule has 0 aliphatic heterocycles. The summed E-state index contributed by atoms with van der Waals surface area (Å²) in [5, 5.41) is 0. The molecule has 0 aromatic heterocycles. The Balaban J connectivity index is 0.00000117. The molecule has 29 heavy (non-hydrogen) atoms. The van der Waals surface area contributed by atoms with Crippen molar-refractivity contribution in [3.8, 4) is 22.3 Å². The quantitative estimate of drug-likeness (QED) is 0.422. The van der Waals surface area contributed by atoms with Gasteiger partial charge >= 0.3 is 0 Å². The summed E-state index contributed by atoms with van der Waals surface area (Å²) in [5.41, 5.74) is 12.7. The van der Waals surface area contributed by atoms with Crippen LogP contribution in [-0.4, -0.2) is 0 Å². The van der Waals surface area contributed by atoms with Crippen molar-refractivity contribution in [2.24, 2.45) is 0 Å². The Labute approximate surface area is 178 Å². The average Bonchev–Trinajstić information content (AvgIpc) is 2.96. The molecule has 1 aliphatic rings. The van der Waals surface area contributed by atoms with Crippen molar-refractivity contribution in [2.75, 3.05) is 0 Å². The van der Waals surface area contributed by atoms with E-state index in [2.05, 4.69) is 89.2 Å². The molecule has 0 bridgehead atoms. The minimum Gasteiger partial charge on any atom is -0.0683 e. The van der Waals surface area contributed by atoms with Crippen LogP contribution in [-0.2, 0) is 11.8 Å². The Kier molecular flexibility index (Phi) is 6.32. The highest BCUT2D eigenvalue weighted by Crippen LogP contribution is 2.50. The van der Waals surface area contributed by atoms with Gasteiger partial charge in [-0.2, -0.15) is 0 Å². The molecule has 3 aromatic rings. The van der Waals surface area contributed by atoms with Gasteiger partial charge in [-0.05, 0) is 82.8 Å². The molecule has 3 aromatic carbocycles. The van der Waals surface area contributed by atoms with Gasteiger partial charge in [0.25, 0.3) is 0 Å². The van der Waals surface area contributed by atoms with Crippen molar-refractivity contribution in [1.82, 2.24) is 0 Å². The molecule has 0 nitrogen and oxygen atoms in total. The summed E-state index contributed by atoms with van der Waals surface area (Å²) < 4.78 is 0. The summed E-state index contributed by atoms with van der Waals surface area (Å²) in [6.07, 6.45) is 3.70. The Morgan fingerprint density at radius 1 is 0.690 bits per heavy atom. The molecule has 0 N–H and O–H groups in total. The zero-order chi connectivity index (χ0) is 21.2. The van der Waals surface area contributed by atoms with Crippen LogP contribution in [0.2, 0.25) is 0 Å². The van der Waals surface area contributed by atoms with Crippen molar-refractivity contribution in [1.29, 1.82) is 0 Å². The van der Waals surface area contributed by atoms with Crippen LogP contribution in [0.3, 0.4) is 0 Å².